The zero-order chi connectivity index (χ0) is 21.2. The molecule has 0 N–H and O–H groups in total. The Morgan fingerprint density at radius 2 is 0.893 bits per heavy atom. The van der Waals surface area contributed by atoms with E-state index in [1.54, 1.807) is 0 Å². The maximum Gasteiger partial charge on any atom is 0.337 e. The fourth-order valence-electron chi connectivity index (χ4n) is 4.03. The molecule has 0 aromatic heterocycles. The Labute approximate surface area is 161 Å². The summed E-state index contributed by atoms with van der Waals surface area (Å²) in [6.45, 7) is 0. The number of esters is 4. The molecule has 0 saturated carbocycles. The van der Waals surface area contributed by atoms with Crippen molar-refractivity contribution in [3.8, 4) is 0 Å². The van der Waals surface area contributed by atoms with Crippen LogP contribution in [0.4, 0.5) is 0 Å². The van der Waals surface area contributed by atoms with Crippen molar-refractivity contribution < 1.29 is 47.6 Å². The minimum absolute atomic E-state index is 0.0424. The van der Waals surface area contributed by atoms with Crippen molar-refractivity contribution in [1.29, 1.82) is 0 Å². The van der Waals surface area contributed by atoms with Gasteiger partial charge in [0.2, 0.25) is 0 Å². The van der Waals surface area contributed by atoms with Crippen LogP contribution in [0.1, 0.15) is 0 Å². The highest BCUT2D eigenvalue weighted by molar-refractivity contribution is 6.00. The monoisotopic (exact) mass is 398 g/mol. The van der Waals surface area contributed by atoms with Gasteiger partial charge in [-0.3, -0.25) is 9.59 Å². The topological polar surface area (TPSA) is 124 Å². The minimum Gasteiger partial charge on any atom is -0.500 e. The first-order valence-electron chi connectivity index (χ1n) is 8.22. The highest BCUT2D eigenvalue weighted by Crippen LogP contribution is 2.57. The third-order valence-corrected chi connectivity index (χ3v) is 5.03. The van der Waals surface area contributed by atoms with Crippen LogP contribution in [-0.2, 0) is 47.6 Å². The van der Waals surface area contributed by atoms with Crippen molar-refractivity contribution in [2.24, 2.45) is 23.7 Å². The van der Waals surface area contributed by atoms with Gasteiger partial charge in [0.25, 0.3) is 0 Å². The highest BCUT2D eigenvalue weighted by Gasteiger charge is 2.63. The van der Waals surface area contributed by atoms with E-state index in [1.807, 2.05) is 0 Å². The average molecular weight is 398 g/mol. The van der Waals surface area contributed by atoms with Crippen molar-refractivity contribution >= 4 is 23.9 Å². The van der Waals surface area contributed by atoms with E-state index in [-0.39, 0.29) is 22.7 Å². The third kappa shape index (κ3) is 2.98. The van der Waals surface area contributed by atoms with Crippen LogP contribution in [0, 0.1) is 23.7 Å². The molecule has 0 spiro atoms. The van der Waals surface area contributed by atoms with Gasteiger partial charge in [-0.1, -0.05) is 0 Å². The Kier molecular flexibility index (Phi) is 6.32. The smallest absolute Gasteiger partial charge is 0.337 e. The summed E-state index contributed by atoms with van der Waals surface area (Å²) in [5.74, 6) is -7.57. The van der Waals surface area contributed by atoms with Gasteiger partial charge in [-0.15, -0.1) is 0 Å². The maximum atomic E-state index is 12.6. The van der Waals surface area contributed by atoms with Gasteiger partial charge in [0.15, 0.2) is 0 Å². The van der Waals surface area contributed by atoms with E-state index in [0.29, 0.717) is 0 Å². The lowest BCUT2D eigenvalue weighted by Crippen LogP contribution is -2.32. The third-order valence-electron chi connectivity index (χ3n) is 5.03. The fourth-order valence-corrected chi connectivity index (χ4v) is 4.03. The lowest BCUT2D eigenvalue weighted by atomic mass is 9.81. The van der Waals surface area contributed by atoms with Gasteiger partial charge in [0.1, 0.15) is 23.4 Å². The molecule has 1 unspecified atom stereocenters. The molecule has 2 aliphatic carbocycles. The second kappa shape index (κ2) is 8.32. The highest BCUT2D eigenvalue weighted by atomic mass is 16.5. The molecule has 0 fully saturated rings. The van der Waals surface area contributed by atoms with Crippen molar-refractivity contribution in [3.05, 3.63) is 22.7 Å². The van der Waals surface area contributed by atoms with Crippen molar-refractivity contribution in [3.63, 3.8) is 0 Å². The Hall–Kier alpha value is -3.04. The zero-order valence-electron chi connectivity index (χ0n) is 16.4. The molecule has 2 aliphatic rings. The van der Waals surface area contributed by atoms with E-state index in [1.165, 1.54) is 14.2 Å². The molecule has 0 aromatic carbocycles. The zero-order valence-corrected chi connectivity index (χ0v) is 16.4. The van der Waals surface area contributed by atoms with Crippen LogP contribution in [0.5, 0.6) is 0 Å². The Morgan fingerprint density at radius 1 is 0.571 bits per heavy atom. The summed E-state index contributed by atoms with van der Waals surface area (Å²) in [5, 5.41) is 0. The molecule has 10 heteroatoms. The van der Waals surface area contributed by atoms with Gasteiger partial charge >= 0.3 is 23.9 Å². The number of hydrogen-bond donors (Lipinski definition) is 0. The Balaban J connectivity index is 2.83. The van der Waals surface area contributed by atoms with E-state index in [2.05, 4.69) is 0 Å². The second-order valence-corrected chi connectivity index (χ2v) is 6.00. The van der Waals surface area contributed by atoms with E-state index < -0.39 is 47.5 Å². The number of hydrogen-bond acceptors (Lipinski definition) is 10. The summed E-state index contributed by atoms with van der Waals surface area (Å²) >= 11 is 0. The number of ether oxygens (including phenoxy) is 6. The van der Waals surface area contributed by atoms with Crippen molar-refractivity contribution in [2.45, 2.75) is 0 Å². The standard InChI is InChI=1S/C18H22O10/c1-23-13-9(15(19)25-3)7-8(10(13)16(20)26-4)12(18(22)28-6)14(24-2)11(7)17(21)27-5/h7-9,12H,1-6H3/t7-,8+,9+,12?/m0/s1. The average Bonchev–Trinajstić information content (AvgIpc) is 3.22. The number of fused-ring (bicyclic) bond motifs is 1. The Morgan fingerprint density at radius 3 is 1.11 bits per heavy atom. The first kappa shape index (κ1) is 21.3. The van der Waals surface area contributed by atoms with Crippen LogP contribution in [0.15, 0.2) is 22.7 Å². The fraction of sp³-hybridized carbons (Fsp3) is 0.556. The second-order valence-electron chi connectivity index (χ2n) is 6.00. The molecule has 2 rings (SSSR count). The molecule has 154 valence electrons. The first-order valence-corrected chi connectivity index (χ1v) is 8.22. The van der Waals surface area contributed by atoms with E-state index in [9.17, 15) is 19.2 Å². The molecule has 10 nitrogen and oxygen atoms in total. The summed E-state index contributed by atoms with van der Waals surface area (Å²) in [6.07, 6.45) is 0. The first-order chi connectivity index (χ1) is 13.3. The van der Waals surface area contributed by atoms with Gasteiger partial charge < -0.3 is 28.4 Å². The SMILES string of the molecule is COC(=O)C1=C(OC)C(C(=O)OC)[C@H]2C(C(=O)OC)=C(OC)[C@H](C(=O)OC)[C@@H]12. The minimum atomic E-state index is -1.18. The van der Waals surface area contributed by atoms with Gasteiger partial charge in [-0.2, -0.15) is 0 Å². The molecule has 0 radical (unpaired) electrons. The summed E-state index contributed by atoms with van der Waals surface area (Å²) in [6, 6.07) is 0. The molecule has 0 heterocycles. The number of carbonyl (C=O) groups excluding carboxylic acids is 4. The molecule has 28 heavy (non-hydrogen) atoms. The molecule has 0 bridgehead atoms. The number of methoxy groups -OCH3 is 6. The number of rotatable bonds is 6. The maximum absolute atomic E-state index is 12.6. The van der Waals surface area contributed by atoms with Crippen LogP contribution >= 0.6 is 0 Å². The normalized spacial score (nSPS) is 25.8. The Bertz CT molecular complexity index is 698. The van der Waals surface area contributed by atoms with Crippen LogP contribution in [0.2, 0.25) is 0 Å². The predicted octanol–water partition coefficient (Wildman–Crippen LogP) is -0.0286. The van der Waals surface area contributed by atoms with E-state index in [0.717, 1.165) is 28.4 Å². The van der Waals surface area contributed by atoms with Crippen LogP contribution in [0.25, 0.3) is 0 Å². The molecule has 0 aromatic rings. The quantitative estimate of drug-likeness (QED) is 0.445. The predicted molar refractivity (Wildman–Crippen MR) is 90.1 cm³/mol. The largest absolute Gasteiger partial charge is 0.500 e. The molecular weight excluding hydrogens is 376 g/mol. The van der Waals surface area contributed by atoms with Gasteiger partial charge in [0, 0.05) is 11.8 Å². The number of carbonyl (C=O) groups is 4. The lowest BCUT2D eigenvalue weighted by Gasteiger charge is -2.22. The van der Waals surface area contributed by atoms with Crippen LogP contribution in [0.3, 0.4) is 0 Å². The van der Waals surface area contributed by atoms with Crippen LogP contribution in [-0.4, -0.2) is 66.5 Å². The summed E-state index contributed by atoms with van der Waals surface area (Å²) in [4.78, 5) is 50.2. The summed E-state index contributed by atoms with van der Waals surface area (Å²) < 4.78 is 30.0. The van der Waals surface area contributed by atoms with Crippen molar-refractivity contribution in [2.75, 3.05) is 42.7 Å². The van der Waals surface area contributed by atoms with Gasteiger partial charge in [-0.25, -0.2) is 9.59 Å². The molecule has 0 amide bonds. The van der Waals surface area contributed by atoms with Crippen LogP contribution < -0.4 is 0 Å². The van der Waals surface area contributed by atoms with Crippen molar-refractivity contribution in [1.82, 2.24) is 0 Å². The molecular formula is C18H22O10. The lowest BCUT2D eigenvalue weighted by molar-refractivity contribution is -0.150. The van der Waals surface area contributed by atoms with Gasteiger partial charge in [-0.05, 0) is 0 Å². The van der Waals surface area contributed by atoms with E-state index in [4.69, 9.17) is 28.4 Å². The molecule has 0 saturated heterocycles. The molecule has 4 atom stereocenters. The van der Waals surface area contributed by atoms with E-state index >= 15 is 0 Å². The molecule has 0 aliphatic heterocycles. The summed E-state index contributed by atoms with van der Waals surface area (Å²) in [7, 11) is 7.15. The summed E-state index contributed by atoms with van der Waals surface area (Å²) in [5.41, 5.74) is -0.122. The van der Waals surface area contributed by atoms with Gasteiger partial charge in [0.05, 0.1) is 53.8 Å².